The van der Waals surface area contributed by atoms with E-state index < -0.39 is 0 Å². The molecule has 1 heterocycles. The molecule has 4 rings (SSSR count). The molecule has 1 fully saturated rings. The Kier molecular flexibility index (Phi) is 6.58. The van der Waals surface area contributed by atoms with E-state index in [4.69, 9.17) is 4.74 Å². The van der Waals surface area contributed by atoms with Gasteiger partial charge in [-0.05, 0) is 54.6 Å². The van der Waals surface area contributed by atoms with E-state index in [1.165, 1.54) is 6.92 Å². The van der Waals surface area contributed by atoms with Crippen LogP contribution in [0.15, 0.2) is 60.7 Å². The van der Waals surface area contributed by atoms with Gasteiger partial charge in [0.05, 0.1) is 13.0 Å². The second-order valence-electron chi connectivity index (χ2n) is 8.20. The van der Waals surface area contributed by atoms with Gasteiger partial charge in [-0.2, -0.15) is 0 Å². The van der Waals surface area contributed by atoms with Crippen LogP contribution < -0.4 is 15.4 Å². The van der Waals surface area contributed by atoms with Gasteiger partial charge in [0.2, 0.25) is 11.8 Å². The molecule has 0 spiro atoms. The highest BCUT2D eigenvalue weighted by atomic mass is 16.5. The Morgan fingerprint density at radius 2 is 1.58 bits per heavy atom. The van der Waals surface area contributed by atoms with Crippen molar-refractivity contribution in [3.63, 3.8) is 0 Å². The van der Waals surface area contributed by atoms with Crippen molar-refractivity contribution in [2.24, 2.45) is 5.92 Å². The third kappa shape index (κ3) is 4.98. The van der Waals surface area contributed by atoms with E-state index >= 15 is 0 Å². The van der Waals surface area contributed by atoms with Crippen molar-refractivity contribution < 1.29 is 19.1 Å². The summed E-state index contributed by atoms with van der Waals surface area (Å²) in [5.74, 6) is 0.0959. The highest BCUT2D eigenvalue weighted by Crippen LogP contribution is 2.30. The number of ether oxygens (including phenoxy) is 1. The Bertz CT molecular complexity index is 1190. The van der Waals surface area contributed by atoms with Gasteiger partial charge in [0.25, 0.3) is 5.91 Å². The van der Waals surface area contributed by atoms with Gasteiger partial charge in [0.15, 0.2) is 0 Å². The molecular formula is C26H27N3O4. The summed E-state index contributed by atoms with van der Waals surface area (Å²) in [5.41, 5.74) is 1.93. The maximum Gasteiger partial charge on any atom is 0.254 e. The van der Waals surface area contributed by atoms with Crippen molar-refractivity contribution in [3.8, 4) is 5.75 Å². The molecule has 0 aromatic heterocycles. The summed E-state index contributed by atoms with van der Waals surface area (Å²) in [6, 6.07) is 18.3. The van der Waals surface area contributed by atoms with Crippen molar-refractivity contribution >= 4 is 39.9 Å². The predicted octanol–water partition coefficient (Wildman–Crippen LogP) is 4.30. The van der Waals surface area contributed by atoms with Crippen LogP contribution in [0.1, 0.15) is 30.1 Å². The number of methoxy groups -OCH3 is 1. The average Bonchev–Trinajstić information content (AvgIpc) is 2.84. The molecular weight excluding hydrogens is 418 g/mol. The van der Waals surface area contributed by atoms with Gasteiger partial charge in [-0.15, -0.1) is 0 Å². The van der Waals surface area contributed by atoms with Gasteiger partial charge in [-0.3, -0.25) is 14.4 Å². The van der Waals surface area contributed by atoms with Crippen molar-refractivity contribution in [1.82, 2.24) is 4.90 Å². The molecule has 3 aromatic carbocycles. The summed E-state index contributed by atoms with van der Waals surface area (Å²) in [6.07, 6.45) is 1.49. The van der Waals surface area contributed by atoms with Crippen molar-refractivity contribution in [1.29, 1.82) is 0 Å². The minimum atomic E-state index is -0.290. The van der Waals surface area contributed by atoms with Crippen molar-refractivity contribution in [2.45, 2.75) is 19.8 Å². The van der Waals surface area contributed by atoms with Gasteiger partial charge >= 0.3 is 0 Å². The molecule has 0 unspecified atom stereocenters. The number of hydrogen-bond acceptors (Lipinski definition) is 4. The zero-order chi connectivity index (χ0) is 23.4. The normalized spacial score (nSPS) is 15.7. The quantitative estimate of drug-likeness (QED) is 0.613. The first-order valence-corrected chi connectivity index (χ1v) is 11.0. The number of piperidine rings is 1. The Balaban J connectivity index is 1.46. The van der Waals surface area contributed by atoms with Gasteiger partial charge in [0, 0.05) is 42.3 Å². The number of hydrogen-bond donors (Lipinski definition) is 2. The zero-order valence-corrected chi connectivity index (χ0v) is 18.8. The van der Waals surface area contributed by atoms with E-state index in [2.05, 4.69) is 10.6 Å². The molecule has 1 aliphatic heterocycles. The Morgan fingerprint density at radius 3 is 2.24 bits per heavy atom. The van der Waals surface area contributed by atoms with Crippen LogP contribution in [0.2, 0.25) is 0 Å². The van der Waals surface area contributed by atoms with Crippen LogP contribution in [-0.4, -0.2) is 42.8 Å². The molecule has 1 aliphatic rings. The topological polar surface area (TPSA) is 87.7 Å². The number of fused-ring (bicyclic) bond motifs is 1. The molecule has 7 heteroatoms. The summed E-state index contributed by atoms with van der Waals surface area (Å²) in [4.78, 5) is 39.2. The monoisotopic (exact) mass is 445 g/mol. The summed E-state index contributed by atoms with van der Waals surface area (Å²) >= 11 is 0. The maximum absolute atomic E-state index is 13.4. The first kappa shape index (κ1) is 22.3. The number of benzene rings is 3. The molecule has 7 nitrogen and oxygen atoms in total. The molecule has 2 N–H and O–H groups in total. The van der Waals surface area contributed by atoms with Crippen molar-refractivity contribution in [2.75, 3.05) is 30.8 Å². The van der Waals surface area contributed by atoms with Crippen LogP contribution in [0.5, 0.6) is 5.75 Å². The molecule has 0 aliphatic carbocycles. The van der Waals surface area contributed by atoms with E-state index in [9.17, 15) is 14.4 Å². The lowest BCUT2D eigenvalue weighted by molar-refractivity contribution is -0.121. The average molecular weight is 446 g/mol. The fraction of sp³-hybridized carbons (Fsp3) is 0.269. The van der Waals surface area contributed by atoms with Crippen LogP contribution in [0.3, 0.4) is 0 Å². The number of carbonyl (C=O) groups is 3. The summed E-state index contributed by atoms with van der Waals surface area (Å²) in [6.45, 7) is 2.43. The maximum atomic E-state index is 13.4. The van der Waals surface area contributed by atoms with Crippen molar-refractivity contribution in [3.05, 3.63) is 66.2 Å². The van der Waals surface area contributed by atoms with Gasteiger partial charge in [0.1, 0.15) is 5.75 Å². The van der Waals surface area contributed by atoms with E-state index in [-0.39, 0.29) is 23.6 Å². The number of nitrogens with zero attached hydrogens (tertiary/aromatic N) is 1. The first-order valence-electron chi connectivity index (χ1n) is 11.0. The number of anilines is 2. The Labute approximate surface area is 192 Å². The van der Waals surface area contributed by atoms with Crippen LogP contribution in [0.4, 0.5) is 11.4 Å². The lowest BCUT2D eigenvalue weighted by atomic mass is 9.95. The number of nitrogens with one attached hydrogen (secondary N) is 2. The molecule has 1 atom stereocenters. The van der Waals surface area contributed by atoms with Gasteiger partial charge in [-0.25, -0.2) is 0 Å². The fourth-order valence-corrected chi connectivity index (χ4v) is 4.27. The van der Waals surface area contributed by atoms with E-state index in [0.717, 1.165) is 29.4 Å². The number of rotatable bonds is 5. The standard InChI is InChI=1S/C26H27N3O4/c1-17(30)27-19-9-11-20(12-10-19)28-25(31)18-6-5-15-29(16-18)26(32)23-13-14-24(33-2)22-8-4-3-7-21(22)23/h3-4,7-14,18H,5-6,15-16H2,1-2H3,(H,27,30)(H,28,31)/t18-/m1/s1. The zero-order valence-electron chi connectivity index (χ0n) is 18.8. The fourth-order valence-electron chi connectivity index (χ4n) is 4.27. The Morgan fingerprint density at radius 1 is 0.909 bits per heavy atom. The lowest BCUT2D eigenvalue weighted by Crippen LogP contribution is -2.43. The molecule has 0 bridgehead atoms. The molecule has 0 saturated carbocycles. The largest absolute Gasteiger partial charge is 0.496 e. The molecule has 3 amide bonds. The minimum Gasteiger partial charge on any atom is -0.496 e. The van der Waals surface area contributed by atoms with E-state index in [1.54, 1.807) is 42.3 Å². The minimum absolute atomic E-state index is 0.0778. The van der Waals surface area contributed by atoms with Gasteiger partial charge < -0.3 is 20.3 Å². The SMILES string of the molecule is COc1ccc(C(=O)N2CCC[C@@H](C(=O)Nc3ccc(NC(C)=O)cc3)C2)c2ccccc12. The second kappa shape index (κ2) is 9.73. The molecule has 1 saturated heterocycles. The van der Waals surface area contributed by atoms with Gasteiger partial charge in [-0.1, -0.05) is 24.3 Å². The summed E-state index contributed by atoms with van der Waals surface area (Å²) in [5, 5.41) is 7.36. The summed E-state index contributed by atoms with van der Waals surface area (Å²) < 4.78 is 5.44. The molecule has 33 heavy (non-hydrogen) atoms. The van der Waals surface area contributed by atoms with E-state index in [0.29, 0.717) is 30.0 Å². The third-order valence-electron chi connectivity index (χ3n) is 5.89. The summed E-state index contributed by atoms with van der Waals surface area (Å²) in [7, 11) is 1.62. The second-order valence-corrected chi connectivity index (χ2v) is 8.20. The third-order valence-corrected chi connectivity index (χ3v) is 5.89. The first-order chi connectivity index (χ1) is 16.0. The predicted molar refractivity (Wildman–Crippen MR) is 129 cm³/mol. The lowest BCUT2D eigenvalue weighted by Gasteiger charge is -2.32. The smallest absolute Gasteiger partial charge is 0.254 e. The number of likely N-dealkylation sites (tertiary alicyclic amines) is 1. The van der Waals surface area contributed by atoms with Crippen LogP contribution in [0, 0.1) is 5.92 Å². The van der Waals surface area contributed by atoms with E-state index in [1.807, 2.05) is 30.3 Å². The highest BCUT2D eigenvalue weighted by molar-refractivity contribution is 6.08. The number of carbonyl (C=O) groups excluding carboxylic acids is 3. The highest BCUT2D eigenvalue weighted by Gasteiger charge is 2.29. The molecule has 0 radical (unpaired) electrons. The molecule has 170 valence electrons. The van der Waals surface area contributed by atoms with Crippen LogP contribution in [0.25, 0.3) is 10.8 Å². The van der Waals surface area contributed by atoms with Crippen LogP contribution >= 0.6 is 0 Å². The van der Waals surface area contributed by atoms with Crippen LogP contribution in [-0.2, 0) is 9.59 Å². The number of amides is 3. The molecule has 3 aromatic rings. The Hall–Kier alpha value is -3.87.